The van der Waals surface area contributed by atoms with Crippen molar-refractivity contribution in [3.8, 4) is 17.1 Å². The van der Waals surface area contributed by atoms with E-state index in [2.05, 4.69) is 9.97 Å². The van der Waals surface area contributed by atoms with Gasteiger partial charge in [-0.1, -0.05) is 12.1 Å². The molecule has 0 bridgehead atoms. The van der Waals surface area contributed by atoms with Gasteiger partial charge in [0.1, 0.15) is 5.75 Å². The van der Waals surface area contributed by atoms with Gasteiger partial charge in [-0.3, -0.25) is 0 Å². The van der Waals surface area contributed by atoms with Crippen LogP contribution in [0, 0.1) is 0 Å². The third kappa shape index (κ3) is 2.42. The van der Waals surface area contributed by atoms with Gasteiger partial charge in [0.05, 0.1) is 18.4 Å². The summed E-state index contributed by atoms with van der Waals surface area (Å²) in [6, 6.07) is 9.38. The van der Waals surface area contributed by atoms with E-state index in [1.165, 1.54) is 0 Å². The van der Waals surface area contributed by atoms with Gasteiger partial charge in [-0.15, -0.1) is 0 Å². The summed E-state index contributed by atoms with van der Waals surface area (Å²) >= 11 is 0. The molecular formula is C13H15N3O. The van der Waals surface area contributed by atoms with Crippen molar-refractivity contribution in [2.75, 3.05) is 7.11 Å². The molecule has 1 atom stereocenters. The van der Waals surface area contributed by atoms with Crippen molar-refractivity contribution in [3.63, 3.8) is 0 Å². The van der Waals surface area contributed by atoms with Crippen LogP contribution in [-0.4, -0.2) is 17.1 Å². The van der Waals surface area contributed by atoms with Gasteiger partial charge < -0.3 is 10.5 Å². The molecule has 88 valence electrons. The highest BCUT2D eigenvalue weighted by atomic mass is 16.5. The number of ether oxygens (including phenoxy) is 1. The largest absolute Gasteiger partial charge is 0.496 e. The summed E-state index contributed by atoms with van der Waals surface area (Å²) in [5, 5.41) is 0. The highest BCUT2D eigenvalue weighted by Gasteiger charge is 2.09. The standard InChI is InChI=1S/C13H15N3O/c1-9(14)11-7-8-15-13(16-11)10-5-3-4-6-12(10)17-2/h3-9H,14H2,1-2H3/t9-/m0/s1. The van der Waals surface area contributed by atoms with E-state index in [9.17, 15) is 0 Å². The van der Waals surface area contributed by atoms with Crippen LogP contribution in [0.2, 0.25) is 0 Å². The molecule has 2 aromatic rings. The molecule has 0 unspecified atom stereocenters. The zero-order chi connectivity index (χ0) is 12.3. The molecule has 0 aliphatic carbocycles. The van der Waals surface area contributed by atoms with Crippen molar-refractivity contribution >= 4 is 0 Å². The lowest BCUT2D eigenvalue weighted by molar-refractivity contribution is 0.416. The molecule has 0 aliphatic heterocycles. The van der Waals surface area contributed by atoms with Crippen molar-refractivity contribution < 1.29 is 4.74 Å². The van der Waals surface area contributed by atoms with Crippen LogP contribution < -0.4 is 10.5 Å². The minimum absolute atomic E-state index is 0.105. The number of hydrogen-bond acceptors (Lipinski definition) is 4. The zero-order valence-electron chi connectivity index (χ0n) is 9.92. The normalized spacial score (nSPS) is 12.2. The first-order valence-electron chi connectivity index (χ1n) is 5.44. The molecule has 1 aromatic heterocycles. The molecule has 0 fully saturated rings. The quantitative estimate of drug-likeness (QED) is 0.876. The topological polar surface area (TPSA) is 61.0 Å². The molecule has 0 amide bonds. The van der Waals surface area contributed by atoms with E-state index in [4.69, 9.17) is 10.5 Å². The Morgan fingerprint density at radius 3 is 2.71 bits per heavy atom. The lowest BCUT2D eigenvalue weighted by Crippen LogP contribution is -2.08. The van der Waals surface area contributed by atoms with Crippen LogP contribution in [0.25, 0.3) is 11.4 Å². The van der Waals surface area contributed by atoms with Gasteiger partial charge in [-0.05, 0) is 25.1 Å². The van der Waals surface area contributed by atoms with Gasteiger partial charge in [0.25, 0.3) is 0 Å². The van der Waals surface area contributed by atoms with E-state index in [1.807, 2.05) is 37.3 Å². The predicted octanol–water partition coefficient (Wildman–Crippen LogP) is 2.17. The number of methoxy groups -OCH3 is 1. The molecule has 0 spiro atoms. The number of nitrogens with zero attached hydrogens (tertiary/aromatic N) is 2. The zero-order valence-corrected chi connectivity index (χ0v) is 9.92. The van der Waals surface area contributed by atoms with Crippen molar-refractivity contribution in [1.82, 2.24) is 9.97 Å². The van der Waals surface area contributed by atoms with Crippen molar-refractivity contribution in [2.45, 2.75) is 13.0 Å². The molecule has 1 heterocycles. The maximum absolute atomic E-state index is 5.81. The summed E-state index contributed by atoms with van der Waals surface area (Å²) in [4.78, 5) is 8.69. The molecule has 17 heavy (non-hydrogen) atoms. The predicted molar refractivity (Wildman–Crippen MR) is 66.6 cm³/mol. The first-order valence-corrected chi connectivity index (χ1v) is 5.44. The van der Waals surface area contributed by atoms with Crippen LogP contribution in [0.1, 0.15) is 18.7 Å². The Morgan fingerprint density at radius 2 is 2.00 bits per heavy atom. The second-order valence-corrected chi connectivity index (χ2v) is 3.79. The van der Waals surface area contributed by atoms with Crippen LogP contribution in [0.15, 0.2) is 36.5 Å². The van der Waals surface area contributed by atoms with Crippen molar-refractivity contribution in [2.24, 2.45) is 5.73 Å². The Bertz CT molecular complexity index is 512. The van der Waals surface area contributed by atoms with Crippen LogP contribution in [0.4, 0.5) is 0 Å². The fourth-order valence-electron chi connectivity index (χ4n) is 1.59. The fourth-order valence-corrected chi connectivity index (χ4v) is 1.59. The molecule has 0 saturated heterocycles. The molecule has 0 saturated carbocycles. The van der Waals surface area contributed by atoms with E-state index >= 15 is 0 Å². The first kappa shape index (κ1) is 11.5. The lowest BCUT2D eigenvalue weighted by atomic mass is 10.1. The van der Waals surface area contributed by atoms with Crippen molar-refractivity contribution in [1.29, 1.82) is 0 Å². The molecule has 0 radical (unpaired) electrons. The average molecular weight is 229 g/mol. The molecule has 0 aliphatic rings. The van der Waals surface area contributed by atoms with Crippen LogP contribution in [0.3, 0.4) is 0 Å². The Kier molecular flexibility index (Phi) is 3.35. The molecular weight excluding hydrogens is 214 g/mol. The van der Waals surface area contributed by atoms with Gasteiger partial charge >= 0.3 is 0 Å². The van der Waals surface area contributed by atoms with Gasteiger partial charge in [-0.2, -0.15) is 0 Å². The number of rotatable bonds is 3. The van der Waals surface area contributed by atoms with Crippen LogP contribution in [-0.2, 0) is 0 Å². The lowest BCUT2D eigenvalue weighted by Gasteiger charge is -2.09. The number of benzene rings is 1. The molecule has 4 heteroatoms. The second kappa shape index (κ2) is 4.93. The SMILES string of the molecule is COc1ccccc1-c1nccc([C@H](C)N)n1. The van der Waals surface area contributed by atoms with E-state index < -0.39 is 0 Å². The average Bonchev–Trinajstić information content (AvgIpc) is 2.39. The Morgan fingerprint density at radius 1 is 1.24 bits per heavy atom. The van der Waals surface area contributed by atoms with Crippen LogP contribution in [0.5, 0.6) is 5.75 Å². The van der Waals surface area contributed by atoms with Gasteiger partial charge in [0.2, 0.25) is 0 Å². The summed E-state index contributed by atoms with van der Waals surface area (Å²) < 4.78 is 5.29. The van der Waals surface area contributed by atoms with Crippen molar-refractivity contribution in [3.05, 3.63) is 42.2 Å². The second-order valence-electron chi connectivity index (χ2n) is 3.79. The summed E-state index contributed by atoms with van der Waals surface area (Å²) in [7, 11) is 1.63. The Hall–Kier alpha value is -1.94. The third-order valence-electron chi connectivity index (χ3n) is 2.49. The highest BCUT2D eigenvalue weighted by molar-refractivity contribution is 5.63. The van der Waals surface area contributed by atoms with Gasteiger partial charge in [0.15, 0.2) is 5.82 Å². The van der Waals surface area contributed by atoms with E-state index in [0.717, 1.165) is 17.0 Å². The number of aromatic nitrogens is 2. The summed E-state index contributed by atoms with van der Waals surface area (Å²) in [6.07, 6.45) is 1.72. The summed E-state index contributed by atoms with van der Waals surface area (Å²) in [5.74, 6) is 1.39. The summed E-state index contributed by atoms with van der Waals surface area (Å²) in [6.45, 7) is 1.90. The van der Waals surface area contributed by atoms with E-state index in [-0.39, 0.29) is 6.04 Å². The fraction of sp³-hybridized carbons (Fsp3) is 0.231. The molecule has 1 aromatic carbocycles. The monoisotopic (exact) mass is 229 g/mol. The van der Waals surface area contributed by atoms with Crippen LogP contribution >= 0.6 is 0 Å². The van der Waals surface area contributed by atoms with Gasteiger partial charge in [-0.25, -0.2) is 9.97 Å². The Balaban J connectivity index is 2.49. The van der Waals surface area contributed by atoms with Gasteiger partial charge in [0, 0.05) is 12.2 Å². The first-order chi connectivity index (χ1) is 8.22. The molecule has 4 nitrogen and oxygen atoms in total. The maximum atomic E-state index is 5.81. The maximum Gasteiger partial charge on any atom is 0.163 e. The molecule has 2 N–H and O–H groups in total. The van der Waals surface area contributed by atoms with E-state index in [0.29, 0.717) is 5.82 Å². The number of hydrogen-bond donors (Lipinski definition) is 1. The minimum Gasteiger partial charge on any atom is -0.496 e. The molecule has 2 rings (SSSR count). The number of para-hydroxylation sites is 1. The number of nitrogens with two attached hydrogens (primary N) is 1. The minimum atomic E-state index is -0.105. The summed E-state index contributed by atoms with van der Waals surface area (Å²) in [5.41, 5.74) is 7.50. The smallest absolute Gasteiger partial charge is 0.163 e. The third-order valence-corrected chi connectivity index (χ3v) is 2.49. The highest BCUT2D eigenvalue weighted by Crippen LogP contribution is 2.26. The Labute approximate surface area is 100 Å². The van der Waals surface area contributed by atoms with E-state index in [1.54, 1.807) is 13.3 Å².